The summed E-state index contributed by atoms with van der Waals surface area (Å²) in [4.78, 5) is 33.9. The number of carbonyl (C=O) groups is 1. The molecule has 1 aromatic carbocycles. The lowest BCUT2D eigenvalue weighted by atomic mass is 10.0. The number of likely N-dealkylation sites (tertiary alicyclic amines) is 1. The maximum absolute atomic E-state index is 13.9. The second-order valence-corrected chi connectivity index (χ2v) is 11.1. The summed E-state index contributed by atoms with van der Waals surface area (Å²) in [5.41, 5.74) is 2.13. The van der Waals surface area contributed by atoms with Gasteiger partial charge in [0.15, 0.2) is 0 Å². The standard InChI is InChI=1S/C30H39F2N7O/c1-4-27-33-18-22(19-34-27)26(38-12-10-30(31,32)11-13-38)20-35-29(40)24-6-5-7-25-23(24)8-9-28(36-25)39-16-14-37(15-17-39)21(2)3/h5-9,18-19,21,26H,4,10-17,20H2,1-3H3,(H,35,40). The molecule has 0 radical (unpaired) electrons. The number of hydrogen-bond donors (Lipinski definition) is 1. The molecule has 0 spiro atoms. The number of aromatic nitrogens is 3. The lowest BCUT2D eigenvalue weighted by Gasteiger charge is -2.37. The van der Waals surface area contributed by atoms with E-state index < -0.39 is 5.92 Å². The van der Waals surface area contributed by atoms with Crippen LogP contribution in [0, 0.1) is 0 Å². The number of amides is 1. The number of nitrogens with one attached hydrogen (secondary N) is 1. The number of nitrogens with zero attached hydrogens (tertiary/aromatic N) is 6. The molecule has 1 amide bonds. The smallest absolute Gasteiger partial charge is 0.252 e. The Kier molecular flexibility index (Phi) is 8.56. The normalized spacial score (nSPS) is 19.2. The average Bonchev–Trinajstić information content (AvgIpc) is 2.97. The second kappa shape index (κ2) is 12.1. The van der Waals surface area contributed by atoms with Crippen molar-refractivity contribution < 1.29 is 13.6 Å². The zero-order valence-corrected chi connectivity index (χ0v) is 23.6. The number of carbonyl (C=O) groups excluding carboxylic acids is 1. The van der Waals surface area contributed by atoms with Crippen LogP contribution < -0.4 is 10.2 Å². The lowest BCUT2D eigenvalue weighted by Crippen LogP contribution is -2.49. The van der Waals surface area contributed by atoms with Crippen LogP contribution in [-0.4, -0.2) is 88.4 Å². The molecule has 4 heterocycles. The third-order valence-corrected chi connectivity index (χ3v) is 8.18. The van der Waals surface area contributed by atoms with Gasteiger partial charge in [-0.2, -0.15) is 0 Å². The number of aryl methyl sites for hydroxylation is 1. The fourth-order valence-electron chi connectivity index (χ4n) is 5.61. The molecule has 0 bridgehead atoms. The number of alkyl halides is 2. The van der Waals surface area contributed by atoms with Gasteiger partial charge in [-0.05, 0) is 38.1 Å². The Labute approximate surface area is 234 Å². The molecule has 2 aromatic heterocycles. The molecule has 214 valence electrons. The van der Waals surface area contributed by atoms with Crippen molar-refractivity contribution in [3.8, 4) is 0 Å². The van der Waals surface area contributed by atoms with E-state index in [0.717, 1.165) is 54.3 Å². The molecule has 0 saturated carbocycles. The molecule has 10 heteroatoms. The number of piperazine rings is 1. The van der Waals surface area contributed by atoms with E-state index in [0.29, 0.717) is 18.0 Å². The quantitative estimate of drug-likeness (QED) is 0.447. The minimum Gasteiger partial charge on any atom is -0.354 e. The van der Waals surface area contributed by atoms with Gasteiger partial charge in [-0.25, -0.2) is 23.7 Å². The summed E-state index contributed by atoms with van der Waals surface area (Å²) in [5.74, 6) is -1.22. The number of pyridine rings is 1. The van der Waals surface area contributed by atoms with E-state index in [1.807, 2.05) is 36.1 Å². The molecule has 1 N–H and O–H groups in total. The van der Waals surface area contributed by atoms with Gasteiger partial charge in [-0.15, -0.1) is 0 Å². The number of rotatable bonds is 8. The highest BCUT2D eigenvalue weighted by Crippen LogP contribution is 2.32. The van der Waals surface area contributed by atoms with E-state index in [1.165, 1.54) is 0 Å². The first-order valence-corrected chi connectivity index (χ1v) is 14.3. The Hall–Kier alpha value is -3.24. The van der Waals surface area contributed by atoms with Crippen molar-refractivity contribution in [2.24, 2.45) is 0 Å². The highest BCUT2D eigenvalue weighted by molar-refractivity contribution is 6.06. The van der Waals surface area contributed by atoms with Gasteiger partial charge in [-0.1, -0.05) is 13.0 Å². The number of piperidine rings is 1. The van der Waals surface area contributed by atoms with Crippen molar-refractivity contribution in [3.63, 3.8) is 0 Å². The molecule has 8 nitrogen and oxygen atoms in total. The Bertz CT molecular complexity index is 1300. The molecular weight excluding hydrogens is 512 g/mol. The maximum atomic E-state index is 13.9. The van der Waals surface area contributed by atoms with Gasteiger partial charge in [0.1, 0.15) is 11.6 Å². The summed E-state index contributed by atoms with van der Waals surface area (Å²) in [6.07, 6.45) is 3.81. The van der Waals surface area contributed by atoms with Crippen LogP contribution in [0.15, 0.2) is 42.7 Å². The largest absolute Gasteiger partial charge is 0.354 e. The number of halogens is 2. The van der Waals surface area contributed by atoms with Crippen LogP contribution >= 0.6 is 0 Å². The number of benzene rings is 1. The summed E-state index contributed by atoms with van der Waals surface area (Å²) < 4.78 is 27.8. The van der Waals surface area contributed by atoms with E-state index in [1.54, 1.807) is 18.5 Å². The van der Waals surface area contributed by atoms with Crippen molar-refractivity contribution in [2.45, 2.75) is 58.0 Å². The minimum absolute atomic E-state index is 0.199. The van der Waals surface area contributed by atoms with Crippen molar-refractivity contribution in [1.29, 1.82) is 0 Å². The Morgan fingerprint density at radius 2 is 1.68 bits per heavy atom. The topological polar surface area (TPSA) is 77.5 Å². The number of hydrogen-bond acceptors (Lipinski definition) is 7. The van der Waals surface area contributed by atoms with Gasteiger partial charge in [0, 0.05) is 100 Å². The zero-order chi connectivity index (χ0) is 28.3. The van der Waals surface area contributed by atoms with E-state index in [2.05, 4.69) is 38.9 Å². The van der Waals surface area contributed by atoms with Gasteiger partial charge in [-0.3, -0.25) is 14.6 Å². The lowest BCUT2D eigenvalue weighted by molar-refractivity contribution is -0.0632. The number of anilines is 1. The van der Waals surface area contributed by atoms with Crippen molar-refractivity contribution >= 4 is 22.6 Å². The van der Waals surface area contributed by atoms with Crippen LogP contribution in [0.1, 0.15) is 61.4 Å². The van der Waals surface area contributed by atoms with Crippen LogP contribution in [0.4, 0.5) is 14.6 Å². The summed E-state index contributed by atoms with van der Waals surface area (Å²) in [6, 6.07) is 9.80. The molecule has 1 atom stereocenters. The summed E-state index contributed by atoms with van der Waals surface area (Å²) in [5, 5.41) is 3.85. The van der Waals surface area contributed by atoms with Crippen LogP contribution in [0.5, 0.6) is 0 Å². The molecule has 2 aliphatic rings. The molecular formula is C30H39F2N7O. The number of fused-ring (bicyclic) bond motifs is 1. The molecule has 5 rings (SSSR count). The minimum atomic E-state index is -2.65. The molecule has 2 saturated heterocycles. The highest BCUT2D eigenvalue weighted by atomic mass is 19.3. The summed E-state index contributed by atoms with van der Waals surface area (Å²) in [6.45, 7) is 11.0. The highest BCUT2D eigenvalue weighted by Gasteiger charge is 2.37. The van der Waals surface area contributed by atoms with E-state index in [-0.39, 0.29) is 44.4 Å². The van der Waals surface area contributed by atoms with Gasteiger partial charge < -0.3 is 10.2 Å². The first-order chi connectivity index (χ1) is 19.2. The molecule has 40 heavy (non-hydrogen) atoms. The van der Waals surface area contributed by atoms with E-state index in [4.69, 9.17) is 4.98 Å². The third kappa shape index (κ3) is 6.39. The Morgan fingerprint density at radius 3 is 2.33 bits per heavy atom. The van der Waals surface area contributed by atoms with E-state index in [9.17, 15) is 13.6 Å². The van der Waals surface area contributed by atoms with Gasteiger partial charge in [0.25, 0.3) is 11.8 Å². The van der Waals surface area contributed by atoms with E-state index >= 15 is 0 Å². The molecule has 2 fully saturated rings. The van der Waals surface area contributed by atoms with Crippen LogP contribution in [0.25, 0.3) is 10.9 Å². The average molecular weight is 552 g/mol. The summed E-state index contributed by atoms with van der Waals surface area (Å²) >= 11 is 0. The monoisotopic (exact) mass is 551 g/mol. The first kappa shape index (κ1) is 28.3. The van der Waals surface area contributed by atoms with Crippen LogP contribution in [0.2, 0.25) is 0 Å². The SMILES string of the molecule is CCc1ncc(C(CNC(=O)c2cccc3nc(N4CCN(C(C)C)CC4)ccc23)N2CCC(F)(F)CC2)cn1. The van der Waals surface area contributed by atoms with Gasteiger partial charge >= 0.3 is 0 Å². The molecule has 3 aromatic rings. The van der Waals surface area contributed by atoms with Crippen molar-refractivity contribution in [3.05, 3.63) is 59.7 Å². The van der Waals surface area contributed by atoms with Gasteiger partial charge in [0.05, 0.1) is 11.6 Å². The Balaban J connectivity index is 1.31. The van der Waals surface area contributed by atoms with Crippen molar-refractivity contribution in [1.82, 2.24) is 30.1 Å². The molecule has 1 unspecified atom stereocenters. The zero-order valence-electron chi connectivity index (χ0n) is 23.6. The van der Waals surface area contributed by atoms with Crippen LogP contribution in [0.3, 0.4) is 0 Å². The summed E-state index contributed by atoms with van der Waals surface area (Å²) in [7, 11) is 0. The predicted molar refractivity (Wildman–Crippen MR) is 153 cm³/mol. The predicted octanol–water partition coefficient (Wildman–Crippen LogP) is 4.32. The second-order valence-electron chi connectivity index (χ2n) is 11.1. The molecule has 2 aliphatic heterocycles. The third-order valence-electron chi connectivity index (χ3n) is 8.18. The van der Waals surface area contributed by atoms with Gasteiger partial charge in [0.2, 0.25) is 0 Å². The van der Waals surface area contributed by atoms with Crippen LogP contribution in [-0.2, 0) is 6.42 Å². The molecule has 0 aliphatic carbocycles. The van der Waals surface area contributed by atoms with Crippen molar-refractivity contribution in [2.75, 3.05) is 50.7 Å². The maximum Gasteiger partial charge on any atom is 0.252 e. The Morgan fingerprint density at radius 1 is 0.975 bits per heavy atom. The fraction of sp³-hybridized carbons (Fsp3) is 0.533. The fourth-order valence-corrected chi connectivity index (χ4v) is 5.61. The first-order valence-electron chi connectivity index (χ1n) is 14.3.